The number of carbonyl (C=O) groups is 3. The van der Waals surface area contributed by atoms with Crippen LogP contribution >= 0.6 is 0 Å². The van der Waals surface area contributed by atoms with Crippen LogP contribution in [0.3, 0.4) is 0 Å². The molecule has 2 fully saturated rings. The summed E-state index contributed by atoms with van der Waals surface area (Å²) in [7, 11) is 1.68. The Balaban J connectivity index is 1.46. The second kappa shape index (κ2) is 6.87. The zero-order valence-corrected chi connectivity index (χ0v) is 15.6. The Kier molecular flexibility index (Phi) is 4.53. The molecule has 1 saturated heterocycles. The Hall–Kier alpha value is -2.57. The molecule has 2 heterocycles. The van der Waals surface area contributed by atoms with Crippen molar-refractivity contribution in [3.8, 4) is 5.75 Å². The number of urea groups is 1. The highest BCUT2D eigenvalue weighted by atomic mass is 16.5. The van der Waals surface area contributed by atoms with Crippen molar-refractivity contribution in [3.63, 3.8) is 0 Å². The number of ether oxygens (including phenoxy) is 1. The minimum atomic E-state index is -0.749. The Morgan fingerprint density at radius 3 is 2.74 bits per heavy atom. The molecule has 0 radical (unpaired) electrons. The minimum Gasteiger partial charge on any atom is -0.493 e. The fourth-order valence-corrected chi connectivity index (χ4v) is 4.55. The normalized spacial score (nSPS) is 24.0. The maximum absolute atomic E-state index is 13.0. The van der Waals surface area contributed by atoms with Gasteiger partial charge in [0.1, 0.15) is 17.8 Å². The number of benzene rings is 1. The van der Waals surface area contributed by atoms with Gasteiger partial charge in [-0.2, -0.15) is 0 Å². The number of imide groups is 1. The molecule has 0 bridgehead atoms. The van der Waals surface area contributed by atoms with Crippen LogP contribution in [0.5, 0.6) is 5.75 Å². The van der Waals surface area contributed by atoms with Gasteiger partial charge in [0.05, 0.1) is 12.6 Å². The van der Waals surface area contributed by atoms with Crippen molar-refractivity contribution in [2.24, 2.45) is 0 Å². The van der Waals surface area contributed by atoms with E-state index in [0.717, 1.165) is 35.5 Å². The summed E-state index contributed by atoms with van der Waals surface area (Å²) in [5.41, 5.74) is 0.179. The van der Waals surface area contributed by atoms with E-state index < -0.39 is 5.54 Å². The van der Waals surface area contributed by atoms with Crippen molar-refractivity contribution >= 4 is 17.8 Å². The molecule has 7 heteroatoms. The van der Waals surface area contributed by atoms with Gasteiger partial charge in [-0.25, -0.2) is 4.79 Å². The van der Waals surface area contributed by atoms with Crippen LogP contribution in [0.25, 0.3) is 0 Å². The molecular formula is C20H25N3O4. The van der Waals surface area contributed by atoms with E-state index >= 15 is 0 Å². The van der Waals surface area contributed by atoms with Crippen molar-refractivity contribution < 1.29 is 19.1 Å². The number of amides is 4. The van der Waals surface area contributed by atoms with Gasteiger partial charge in [-0.05, 0) is 18.9 Å². The highest BCUT2D eigenvalue weighted by molar-refractivity contribution is 6.09. The van der Waals surface area contributed by atoms with Gasteiger partial charge >= 0.3 is 6.03 Å². The van der Waals surface area contributed by atoms with Gasteiger partial charge < -0.3 is 15.0 Å². The summed E-state index contributed by atoms with van der Waals surface area (Å²) in [4.78, 5) is 40.9. The van der Waals surface area contributed by atoms with Crippen molar-refractivity contribution in [2.75, 3.05) is 20.2 Å². The Bertz CT molecular complexity index is 772. The predicted octanol–water partition coefficient (Wildman–Crippen LogP) is 2.22. The first-order valence-corrected chi connectivity index (χ1v) is 9.64. The van der Waals surface area contributed by atoms with Gasteiger partial charge in [-0.1, -0.05) is 37.5 Å². The second-order valence-electron chi connectivity index (χ2n) is 7.62. The summed E-state index contributed by atoms with van der Waals surface area (Å²) in [5, 5.41) is 2.97. The summed E-state index contributed by atoms with van der Waals surface area (Å²) in [5.74, 6) is 0.222. The molecular weight excluding hydrogens is 346 g/mol. The van der Waals surface area contributed by atoms with Crippen molar-refractivity contribution in [2.45, 2.75) is 50.1 Å². The number of hydrogen-bond donors (Lipinski definition) is 1. The van der Waals surface area contributed by atoms with Crippen LogP contribution in [0.2, 0.25) is 0 Å². The van der Waals surface area contributed by atoms with Gasteiger partial charge in [-0.3, -0.25) is 14.5 Å². The smallest absolute Gasteiger partial charge is 0.327 e. The van der Waals surface area contributed by atoms with Crippen LogP contribution < -0.4 is 10.1 Å². The van der Waals surface area contributed by atoms with Crippen LogP contribution in [-0.4, -0.2) is 53.4 Å². The van der Waals surface area contributed by atoms with E-state index in [0.29, 0.717) is 25.9 Å². The fourth-order valence-electron chi connectivity index (χ4n) is 4.55. The van der Waals surface area contributed by atoms with E-state index in [9.17, 15) is 14.4 Å². The summed E-state index contributed by atoms with van der Waals surface area (Å²) in [6.45, 7) is 0.290. The summed E-state index contributed by atoms with van der Waals surface area (Å²) in [6.07, 6.45) is 4.97. The average molecular weight is 371 g/mol. The highest BCUT2D eigenvalue weighted by Gasteiger charge is 2.55. The highest BCUT2D eigenvalue weighted by Crippen LogP contribution is 2.39. The Morgan fingerprint density at radius 2 is 1.96 bits per heavy atom. The van der Waals surface area contributed by atoms with Crippen LogP contribution in [0.1, 0.15) is 50.1 Å². The van der Waals surface area contributed by atoms with Crippen LogP contribution in [0, 0.1) is 0 Å². The summed E-state index contributed by atoms with van der Waals surface area (Å²) >= 11 is 0. The monoisotopic (exact) mass is 371 g/mol. The maximum Gasteiger partial charge on any atom is 0.327 e. The number of hydrogen-bond acceptors (Lipinski definition) is 4. The summed E-state index contributed by atoms with van der Waals surface area (Å²) < 4.78 is 5.62. The van der Waals surface area contributed by atoms with E-state index in [1.54, 1.807) is 11.9 Å². The molecule has 1 spiro atoms. The van der Waals surface area contributed by atoms with Crippen molar-refractivity contribution in [3.05, 3.63) is 29.8 Å². The first kappa shape index (κ1) is 17.8. The molecule has 7 nitrogen and oxygen atoms in total. The second-order valence-corrected chi connectivity index (χ2v) is 7.62. The molecule has 1 aromatic carbocycles. The van der Waals surface area contributed by atoms with Gasteiger partial charge in [0.25, 0.3) is 5.91 Å². The molecule has 1 aromatic rings. The lowest BCUT2D eigenvalue weighted by Crippen LogP contribution is -2.49. The van der Waals surface area contributed by atoms with Crippen molar-refractivity contribution in [1.82, 2.24) is 15.1 Å². The molecule has 3 aliphatic rings. The molecule has 1 unspecified atom stereocenters. The first-order valence-electron chi connectivity index (χ1n) is 9.64. The third kappa shape index (κ3) is 2.95. The van der Waals surface area contributed by atoms with E-state index in [2.05, 4.69) is 5.32 Å². The van der Waals surface area contributed by atoms with Crippen LogP contribution in [0.15, 0.2) is 24.3 Å². The quantitative estimate of drug-likeness (QED) is 0.827. The minimum absolute atomic E-state index is 0.170. The predicted molar refractivity (Wildman–Crippen MR) is 98.1 cm³/mol. The zero-order valence-electron chi connectivity index (χ0n) is 15.6. The number of fused-ring (bicyclic) bond motifs is 1. The zero-order chi connectivity index (χ0) is 19.0. The first-order chi connectivity index (χ1) is 13.0. The third-order valence-electron chi connectivity index (χ3n) is 6.08. The lowest BCUT2D eigenvalue weighted by molar-refractivity contribution is -0.137. The van der Waals surface area contributed by atoms with Gasteiger partial charge in [0.15, 0.2) is 0 Å². The van der Waals surface area contributed by atoms with E-state index in [4.69, 9.17) is 4.74 Å². The standard InChI is InChI=1S/C20H25N3O4/c1-22-19(26)23(18(25)20(22)10-5-2-6-11-20)13-17(24)21-15-9-12-27-16-8-4-3-7-14(15)16/h3-4,7-8,15H,2,5-6,9-13H2,1H3,(H,21,24). The van der Waals surface area contributed by atoms with Gasteiger partial charge in [0, 0.05) is 19.0 Å². The largest absolute Gasteiger partial charge is 0.493 e. The van der Waals surface area contributed by atoms with Gasteiger partial charge in [0.2, 0.25) is 5.91 Å². The molecule has 1 N–H and O–H groups in total. The summed E-state index contributed by atoms with van der Waals surface area (Å²) in [6, 6.07) is 7.06. The van der Waals surface area contributed by atoms with E-state index in [1.807, 2.05) is 24.3 Å². The lowest BCUT2D eigenvalue weighted by Gasteiger charge is -2.35. The van der Waals surface area contributed by atoms with Gasteiger partial charge in [-0.15, -0.1) is 0 Å². The number of rotatable bonds is 3. The Morgan fingerprint density at radius 1 is 1.22 bits per heavy atom. The number of carbonyl (C=O) groups excluding carboxylic acids is 3. The number of nitrogens with one attached hydrogen (secondary N) is 1. The SMILES string of the molecule is CN1C(=O)N(CC(=O)NC2CCOc3ccccc32)C(=O)C12CCCCC2. The maximum atomic E-state index is 13.0. The lowest BCUT2D eigenvalue weighted by atomic mass is 9.81. The molecule has 27 heavy (non-hydrogen) atoms. The average Bonchev–Trinajstić information content (AvgIpc) is 2.85. The van der Waals surface area contributed by atoms with Crippen LogP contribution in [-0.2, 0) is 9.59 Å². The number of likely N-dealkylation sites (N-methyl/N-ethyl adjacent to an activating group) is 1. The molecule has 144 valence electrons. The Labute approximate surface area is 158 Å². The molecule has 1 saturated carbocycles. The molecule has 0 aromatic heterocycles. The molecule has 2 aliphatic heterocycles. The number of nitrogens with zero attached hydrogens (tertiary/aromatic N) is 2. The molecule has 4 amide bonds. The number of para-hydroxylation sites is 1. The third-order valence-corrected chi connectivity index (χ3v) is 6.08. The molecule has 1 aliphatic carbocycles. The fraction of sp³-hybridized carbons (Fsp3) is 0.550. The molecule has 1 atom stereocenters. The van der Waals surface area contributed by atoms with Crippen molar-refractivity contribution in [1.29, 1.82) is 0 Å². The van der Waals surface area contributed by atoms with E-state index in [1.165, 1.54) is 0 Å². The van der Waals surface area contributed by atoms with E-state index in [-0.39, 0.29) is 30.4 Å². The van der Waals surface area contributed by atoms with Crippen LogP contribution in [0.4, 0.5) is 4.79 Å². The molecule has 4 rings (SSSR count). The topological polar surface area (TPSA) is 79.0 Å².